The van der Waals surface area contributed by atoms with Crippen molar-refractivity contribution in [3.05, 3.63) is 35.9 Å². The number of amides is 2. The van der Waals surface area contributed by atoms with E-state index < -0.39 is 6.04 Å². The van der Waals surface area contributed by atoms with Gasteiger partial charge in [-0.15, -0.1) is 0 Å². The van der Waals surface area contributed by atoms with Gasteiger partial charge in [-0.25, -0.2) is 0 Å². The maximum absolute atomic E-state index is 12.4. The van der Waals surface area contributed by atoms with Crippen molar-refractivity contribution < 1.29 is 14.0 Å². The molecule has 21 heavy (non-hydrogen) atoms. The van der Waals surface area contributed by atoms with Crippen LogP contribution in [0.2, 0.25) is 0 Å². The highest BCUT2D eigenvalue weighted by atomic mass is 19.1. The van der Waals surface area contributed by atoms with E-state index >= 15 is 0 Å². The van der Waals surface area contributed by atoms with Crippen LogP contribution in [0.15, 0.2) is 30.3 Å². The Kier molecular flexibility index (Phi) is 5.31. The first-order valence-corrected chi connectivity index (χ1v) is 7.31. The number of piperazine rings is 1. The SMILES string of the molecule is C[C@H]1C(=O)N(Cc2ccccc2)CC(=O)N1CCCCF. The first-order valence-electron chi connectivity index (χ1n) is 7.31. The second kappa shape index (κ2) is 7.20. The van der Waals surface area contributed by atoms with Gasteiger partial charge in [0.1, 0.15) is 12.6 Å². The normalized spacial score (nSPS) is 19.2. The summed E-state index contributed by atoms with van der Waals surface area (Å²) in [4.78, 5) is 27.7. The van der Waals surface area contributed by atoms with Gasteiger partial charge in [0.15, 0.2) is 0 Å². The monoisotopic (exact) mass is 292 g/mol. The molecule has 114 valence electrons. The molecule has 0 bridgehead atoms. The Bertz CT molecular complexity index is 492. The molecule has 0 aliphatic carbocycles. The number of carbonyl (C=O) groups is 2. The van der Waals surface area contributed by atoms with Gasteiger partial charge in [0.05, 0.1) is 6.67 Å². The lowest BCUT2D eigenvalue weighted by Gasteiger charge is -2.38. The predicted molar refractivity (Wildman–Crippen MR) is 78.2 cm³/mol. The van der Waals surface area contributed by atoms with Crippen molar-refractivity contribution in [2.45, 2.75) is 32.4 Å². The summed E-state index contributed by atoms with van der Waals surface area (Å²) in [6.45, 7) is 2.37. The molecule has 0 aromatic heterocycles. The summed E-state index contributed by atoms with van der Waals surface area (Å²) in [5, 5.41) is 0. The van der Waals surface area contributed by atoms with Crippen LogP contribution in [-0.4, -0.2) is 47.4 Å². The van der Waals surface area contributed by atoms with Crippen molar-refractivity contribution in [2.24, 2.45) is 0 Å². The summed E-state index contributed by atoms with van der Waals surface area (Å²) >= 11 is 0. The molecule has 0 saturated carbocycles. The Hall–Kier alpha value is -1.91. The highest BCUT2D eigenvalue weighted by Gasteiger charge is 2.35. The van der Waals surface area contributed by atoms with E-state index in [4.69, 9.17) is 0 Å². The first-order chi connectivity index (χ1) is 10.1. The summed E-state index contributed by atoms with van der Waals surface area (Å²) in [5.74, 6) is -0.101. The number of halogens is 1. The van der Waals surface area contributed by atoms with Crippen LogP contribution >= 0.6 is 0 Å². The van der Waals surface area contributed by atoms with E-state index in [1.54, 1.807) is 16.7 Å². The van der Waals surface area contributed by atoms with Crippen molar-refractivity contribution in [1.29, 1.82) is 0 Å². The van der Waals surface area contributed by atoms with Crippen LogP contribution in [-0.2, 0) is 16.1 Å². The molecule has 2 rings (SSSR count). The Balaban J connectivity index is 1.99. The highest BCUT2D eigenvalue weighted by Crippen LogP contribution is 2.16. The standard InChI is InChI=1S/C16H21FN2O2/c1-13-16(21)18(11-14-7-3-2-4-8-14)12-15(20)19(13)10-6-5-9-17/h2-4,7-8,13H,5-6,9-12H2,1H3/t13-/m0/s1. The van der Waals surface area contributed by atoms with Gasteiger partial charge < -0.3 is 9.80 Å². The quantitative estimate of drug-likeness (QED) is 0.752. The van der Waals surface area contributed by atoms with E-state index in [0.29, 0.717) is 25.9 Å². The van der Waals surface area contributed by atoms with E-state index in [1.807, 2.05) is 30.3 Å². The van der Waals surface area contributed by atoms with Crippen LogP contribution < -0.4 is 0 Å². The zero-order chi connectivity index (χ0) is 15.2. The van der Waals surface area contributed by atoms with Gasteiger partial charge in [-0.2, -0.15) is 0 Å². The molecule has 4 nitrogen and oxygen atoms in total. The number of unbranched alkanes of at least 4 members (excludes halogenated alkanes) is 1. The van der Waals surface area contributed by atoms with Gasteiger partial charge in [0.25, 0.3) is 0 Å². The van der Waals surface area contributed by atoms with Gasteiger partial charge in [0.2, 0.25) is 11.8 Å². The second-order valence-corrected chi connectivity index (χ2v) is 5.34. The van der Waals surface area contributed by atoms with Crippen LogP contribution in [0.3, 0.4) is 0 Å². The largest absolute Gasteiger partial charge is 0.329 e. The number of benzene rings is 1. The number of carbonyl (C=O) groups excluding carboxylic acids is 2. The summed E-state index contributed by atoms with van der Waals surface area (Å²) in [5.41, 5.74) is 1.01. The molecule has 1 aliphatic rings. The van der Waals surface area contributed by atoms with Crippen molar-refractivity contribution in [3.8, 4) is 0 Å². The summed E-state index contributed by atoms with van der Waals surface area (Å²) < 4.78 is 12.1. The topological polar surface area (TPSA) is 40.6 Å². The van der Waals surface area contributed by atoms with Crippen molar-refractivity contribution >= 4 is 11.8 Å². The average molecular weight is 292 g/mol. The third-order valence-electron chi connectivity index (χ3n) is 3.78. The highest BCUT2D eigenvalue weighted by molar-refractivity contribution is 5.94. The molecule has 1 aromatic rings. The molecule has 0 radical (unpaired) electrons. The Morgan fingerprint density at radius 1 is 1.19 bits per heavy atom. The second-order valence-electron chi connectivity index (χ2n) is 5.34. The molecule has 1 aromatic carbocycles. The van der Waals surface area contributed by atoms with Crippen molar-refractivity contribution in [2.75, 3.05) is 19.8 Å². The lowest BCUT2D eigenvalue weighted by Crippen LogP contribution is -2.58. The van der Waals surface area contributed by atoms with Crippen molar-refractivity contribution in [1.82, 2.24) is 9.80 Å². The first kappa shape index (κ1) is 15.5. The lowest BCUT2D eigenvalue weighted by atomic mass is 10.1. The van der Waals surface area contributed by atoms with E-state index in [2.05, 4.69) is 0 Å². The maximum Gasteiger partial charge on any atom is 0.245 e. The Morgan fingerprint density at radius 2 is 1.90 bits per heavy atom. The predicted octanol–water partition coefficient (Wildman–Crippen LogP) is 2.00. The average Bonchev–Trinajstić information content (AvgIpc) is 2.49. The fourth-order valence-electron chi connectivity index (χ4n) is 2.58. The summed E-state index contributed by atoms with van der Waals surface area (Å²) in [6, 6.07) is 9.17. The number of alkyl halides is 1. The van der Waals surface area contributed by atoms with E-state index in [-0.39, 0.29) is 25.0 Å². The number of hydrogen-bond acceptors (Lipinski definition) is 2. The molecular weight excluding hydrogens is 271 g/mol. The minimum Gasteiger partial charge on any atom is -0.329 e. The van der Waals surface area contributed by atoms with Gasteiger partial charge in [-0.05, 0) is 25.3 Å². The van der Waals surface area contributed by atoms with Crippen LogP contribution in [0.25, 0.3) is 0 Å². The number of rotatable bonds is 6. The smallest absolute Gasteiger partial charge is 0.245 e. The van der Waals surface area contributed by atoms with Crippen LogP contribution in [0, 0.1) is 0 Å². The molecule has 1 heterocycles. The van der Waals surface area contributed by atoms with Gasteiger partial charge in [-0.3, -0.25) is 14.0 Å². The zero-order valence-corrected chi connectivity index (χ0v) is 12.3. The lowest BCUT2D eigenvalue weighted by molar-refractivity contribution is -0.155. The molecular formula is C16H21FN2O2. The van der Waals surface area contributed by atoms with Gasteiger partial charge >= 0.3 is 0 Å². The third kappa shape index (κ3) is 3.80. The Labute approximate surface area is 124 Å². The maximum atomic E-state index is 12.4. The molecule has 1 fully saturated rings. The molecule has 0 N–H and O–H groups in total. The Morgan fingerprint density at radius 3 is 2.57 bits per heavy atom. The molecule has 1 saturated heterocycles. The minimum atomic E-state index is -0.463. The van der Waals surface area contributed by atoms with Gasteiger partial charge in [-0.1, -0.05) is 30.3 Å². The molecule has 0 spiro atoms. The van der Waals surface area contributed by atoms with E-state index in [0.717, 1.165) is 5.56 Å². The molecule has 2 amide bonds. The van der Waals surface area contributed by atoms with Gasteiger partial charge in [0, 0.05) is 13.1 Å². The van der Waals surface area contributed by atoms with Crippen LogP contribution in [0.5, 0.6) is 0 Å². The summed E-state index contributed by atoms with van der Waals surface area (Å²) in [6.07, 6.45) is 1.02. The number of hydrogen-bond donors (Lipinski definition) is 0. The van der Waals surface area contributed by atoms with E-state index in [9.17, 15) is 14.0 Å². The number of nitrogens with zero attached hydrogens (tertiary/aromatic N) is 2. The van der Waals surface area contributed by atoms with Crippen LogP contribution in [0.4, 0.5) is 4.39 Å². The fourth-order valence-corrected chi connectivity index (χ4v) is 2.58. The third-order valence-corrected chi connectivity index (χ3v) is 3.78. The minimum absolute atomic E-state index is 0.0429. The van der Waals surface area contributed by atoms with Crippen molar-refractivity contribution in [3.63, 3.8) is 0 Å². The summed E-state index contributed by atoms with van der Waals surface area (Å²) in [7, 11) is 0. The molecule has 5 heteroatoms. The molecule has 1 atom stereocenters. The molecule has 1 aliphatic heterocycles. The fraction of sp³-hybridized carbons (Fsp3) is 0.500. The van der Waals surface area contributed by atoms with Crippen LogP contribution in [0.1, 0.15) is 25.3 Å². The van der Waals surface area contributed by atoms with E-state index in [1.165, 1.54) is 0 Å². The zero-order valence-electron chi connectivity index (χ0n) is 12.3. The molecule has 0 unspecified atom stereocenters.